The van der Waals surface area contributed by atoms with E-state index in [-0.39, 0.29) is 5.82 Å². The lowest BCUT2D eigenvalue weighted by Crippen LogP contribution is -2.28. The minimum absolute atomic E-state index is 0.350. The number of rotatable bonds is 4. The topological polar surface area (TPSA) is 20.2 Å². The molecule has 0 saturated heterocycles. The Morgan fingerprint density at radius 1 is 1.39 bits per heavy atom. The molecular formula is C14H14BrFOS. The molecule has 1 aromatic carbocycles. The van der Waals surface area contributed by atoms with Gasteiger partial charge in [-0.15, -0.1) is 11.3 Å². The first-order chi connectivity index (χ1) is 8.55. The average molecular weight is 329 g/mol. The molecule has 96 valence electrons. The zero-order valence-corrected chi connectivity index (χ0v) is 12.4. The van der Waals surface area contributed by atoms with Gasteiger partial charge in [-0.05, 0) is 34.5 Å². The van der Waals surface area contributed by atoms with Crippen LogP contribution in [0.15, 0.2) is 40.2 Å². The van der Waals surface area contributed by atoms with Crippen LogP contribution in [0, 0.1) is 5.82 Å². The fourth-order valence-electron chi connectivity index (χ4n) is 1.98. The third-order valence-corrected chi connectivity index (χ3v) is 4.75. The molecule has 1 N–H and O–H groups in total. The van der Waals surface area contributed by atoms with Crippen molar-refractivity contribution in [2.75, 3.05) is 0 Å². The molecular weight excluding hydrogens is 315 g/mol. The molecule has 0 radical (unpaired) electrons. The largest absolute Gasteiger partial charge is 0.385 e. The summed E-state index contributed by atoms with van der Waals surface area (Å²) in [5.74, 6) is -0.350. The number of halogens is 2. The summed E-state index contributed by atoms with van der Waals surface area (Å²) in [5, 5.41) is 12.7. The average Bonchev–Trinajstić information content (AvgIpc) is 2.75. The predicted octanol–water partition coefficient (Wildman–Crippen LogP) is 4.49. The van der Waals surface area contributed by atoms with Crippen molar-refractivity contribution in [3.8, 4) is 0 Å². The van der Waals surface area contributed by atoms with E-state index >= 15 is 0 Å². The van der Waals surface area contributed by atoms with Gasteiger partial charge in [-0.25, -0.2) is 4.39 Å². The monoisotopic (exact) mass is 328 g/mol. The third kappa shape index (κ3) is 2.82. The number of aliphatic hydroxyl groups is 1. The van der Waals surface area contributed by atoms with Gasteiger partial charge in [0.25, 0.3) is 0 Å². The van der Waals surface area contributed by atoms with Crippen LogP contribution in [0.2, 0.25) is 0 Å². The minimum atomic E-state index is -1.14. The molecule has 1 nitrogen and oxygen atoms in total. The maximum atomic E-state index is 13.8. The quantitative estimate of drug-likeness (QED) is 0.876. The number of benzene rings is 1. The molecule has 0 aliphatic carbocycles. The second-order valence-electron chi connectivity index (χ2n) is 4.27. The molecule has 2 rings (SSSR count). The number of thiophene rings is 1. The normalized spacial score (nSPS) is 14.4. The van der Waals surface area contributed by atoms with Crippen LogP contribution in [-0.4, -0.2) is 5.11 Å². The summed E-state index contributed by atoms with van der Waals surface area (Å²) in [6.07, 6.45) is 0.907. The fraction of sp³-hybridized carbons (Fsp3) is 0.286. The molecule has 0 aliphatic rings. The summed E-state index contributed by atoms with van der Waals surface area (Å²) in [6.45, 7) is 1.87. The van der Waals surface area contributed by atoms with Crippen LogP contribution in [0.25, 0.3) is 0 Å². The van der Waals surface area contributed by atoms with Crippen molar-refractivity contribution in [2.24, 2.45) is 0 Å². The standard InChI is InChI=1S/C14H14BrFOS/c1-2-14(17,8-11-7-10(15)9-18-11)12-5-3-4-6-13(12)16/h3-7,9,17H,2,8H2,1H3. The first-order valence-electron chi connectivity index (χ1n) is 5.75. The highest BCUT2D eigenvalue weighted by Crippen LogP contribution is 2.33. The predicted molar refractivity (Wildman–Crippen MR) is 76.3 cm³/mol. The van der Waals surface area contributed by atoms with E-state index in [1.165, 1.54) is 6.07 Å². The molecule has 1 atom stereocenters. The Morgan fingerprint density at radius 2 is 2.11 bits per heavy atom. The molecule has 0 spiro atoms. The summed E-state index contributed by atoms with van der Waals surface area (Å²) >= 11 is 4.95. The van der Waals surface area contributed by atoms with Gasteiger partial charge in [0.05, 0.1) is 5.60 Å². The van der Waals surface area contributed by atoms with Crippen LogP contribution in [0.5, 0.6) is 0 Å². The third-order valence-electron chi connectivity index (χ3n) is 3.05. The summed E-state index contributed by atoms with van der Waals surface area (Å²) in [4.78, 5) is 1.04. The summed E-state index contributed by atoms with van der Waals surface area (Å²) in [5.41, 5.74) is -0.771. The van der Waals surface area contributed by atoms with E-state index in [0.717, 1.165) is 9.35 Å². The maximum Gasteiger partial charge on any atom is 0.129 e. The van der Waals surface area contributed by atoms with Crippen LogP contribution in [-0.2, 0) is 12.0 Å². The van der Waals surface area contributed by atoms with Gasteiger partial charge in [0.2, 0.25) is 0 Å². The number of hydrogen-bond donors (Lipinski definition) is 1. The smallest absolute Gasteiger partial charge is 0.129 e. The Hall–Kier alpha value is -0.710. The lowest BCUT2D eigenvalue weighted by molar-refractivity contribution is 0.0299. The van der Waals surface area contributed by atoms with Crippen LogP contribution < -0.4 is 0 Å². The minimum Gasteiger partial charge on any atom is -0.385 e. The van der Waals surface area contributed by atoms with Gasteiger partial charge >= 0.3 is 0 Å². The molecule has 18 heavy (non-hydrogen) atoms. The van der Waals surface area contributed by atoms with Gasteiger partial charge in [0.1, 0.15) is 5.82 Å². The highest BCUT2D eigenvalue weighted by molar-refractivity contribution is 9.10. The van der Waals surface area contributed by atoms with Gasteiger partial charge in [-0.2, -0.15) is 0 Å². The van der Waals surface area contributed by atoms with E-state index in [1.54, 1.807) is 29.5 Å². The Bertz CT molecular complexity index is 540. The van der Waals surface area contributed by atoms with Crippen molar-refractivity contribution >= 4 is 27.3 Å². The zero-order valence-electron chi connectivity index (χ0n) is 9.99. The first kappa shape index (κ1) is 13.7. The maximum absolute atomic E-state index is 13.8. The van der Waals surface area contributed by atoms with E-state index in [4.69, 9.17) is 0 Å². The molecule has 0 amide bonds. The van der Waals surface area contributed by atoms with Crippen molar-refractivity contribution < 1.29 is 9.50 Å². The Morgan fingerprint density at radius 3 is 2.67 bits per heavy atom. The summed E-state index contributed by atoms with van der Waals surface area (Å²) in [7, 11) is 0. The molecule has 4 heteroatoms. The SMILES string of the molecule is CCC(O)(Cc1cc(Br)cs1)c1ccccc1F. The van der Waals surface area contributed by atoms with E-state index in [9.17, 15) is 9.50 Å². The van der Waals surface area contributed by atoms with Crippen LogP contribution in [0.1, 0.15) is 23.8 Å². The van der Waals surface area contributed by atoms with Gasteiger partial charge in [0, 0.05) is 26.7 Å². The zero-order chi connectivity index (χ0) is 13.2. The molecule has 0 saturated carbocycles. The fourth-order valence-corrected chi connectivity index (χ4v) is 3.54. The Labute approximate surface area is 118 Å². The lowest BCUT2D eigenvalue weighted by atomic mass is 9.87. The molecule has 0 bridgehead atoms. The molecule has 1 unspecified atom stereocenters. The van der Waals surface area contributed by atoms with Crippen LogP contribution in [0.3, 0.4) is 0 Å². The van der Waals surface area contributed by atoms with E-state index in [2.05, 4.69) is 15.9 Å². The van der Waals surface area contributed by atoms with Crippen molar-refractivity contribution in [3.05, 3.63) is 56.4 Å². The van der Waals surface area contributed by atoms with Gasteiger partial charge in [-0.1, -0.05) is 25.1 Å². The molecule has 2 aromatic rings. The first-order valence-corrected chi connectivity index (χ1v) is 7.43. The Kier molecular flexibility index (Phi) is 4.20. The molecule has 0 fully saturated rings. The van der Waals surface area contributed by atoms with Crippen molar-refractivity contribution in [1.82, 2.24) is 0 Å². The van der Waals surface area contributed by atoms with E-state index < -0.39 is 5.60 Å². The van der Waals surface area contributed by atoms with Crippen molar-refractivity contribution in [1.29, 1.82) is 0 Å². The van der Waals surface area contributed by atoms with Crippen molar-refractivity contribution in [2.45, 2.75) is 25.4 Å². The van der Waals surface area contributed by atoms with E-state index in [0.29, 0.717) is 18.4 Å². The van der Waals surface area contributed by atoms with Crippen LogP contribution in [0.4, 0.5) is 4.39 Å². The molecule has 0 aliphatic heterocycles. The lowest BCUT2D eigenvalue weighted by Gasteiger charge is -2.27. The van der Waals surface area contributed by atoms with Gasteiger partial charge < -0.3 is 5.11 Å². The second kappa shape index (κ2) is 5.51. The summed E-state index contributed by atoms with van der Waals surface area (Å²) in [6, 6.07) is 8.40. The molecule has 1 aromatic heterocycles. The highest BCUT2D eigenvalue weighted by Gasteiger charge is 2.30. The second-order valence-corrected chi connectivity index (χ2v) is 6.18. The highest BCUT2D eigenvalue weighted by atomic mass is 79.9. The van der Waals surface area contributed by atoms with E-state index in [1.807, 2.05) is 18.4 Å². The van der Waals surface area contributed by atoms with Crippen LogP contribution >= 0.6 is 27.3 Å². The number of hydrogen-bond acceptors (Lipinski definition) is 2. The summed E-state index contributed by atoms with van der Waals surface area (Å²) < 4.78 is 14.8. The van der Waals surface area contributed by atoms with Gasteiger partial charge in [0.15, 0.2) is 0 Å². The van der Waals surface area contributed by atoms with Crippen molar-refractivity contribution in [3.63, 3.8) is 0 Å². The molecule has 1 heterocycles. The Balaban J connectivity index is 2.33. The van der Waals surface area contributed by atoms with Gasteiger partial charge in [-0.3, -0.25) is 0 Å².